The standard InChI is InChI=1S/C29H29N3O/c1-21-5-7-22(8-6-21)23-9-11-24(12-10-23)29(33)31-26-15-16-28-25(19-26)13-14-27(30-28)20-32-17-3-2-4-18-32/h5-16,19H,2-4,17-18,20H2,1H3,(H,31,33). The highest BCUT2D eigenvalue weighted by atomic mass is 16.1. The van der Waals surface area contributed by atoms with Gasteiger partial charge in [0.15, 0.2) is 0 Å². The maximum Gasteiger partial charge on any atom is 0.255 e. The van der Waals surface area contributed by atoms with Crippen LogP contribution in [0.2, 0.25) is 0 Å². The van der Waals surface area contributed by atoms with E-state index in [-0.39, 0.29) is 5.91 Å². The van der Waals surface area contributed by atoms with Crippen molar-refractivity contribution in [3.05, 3.63) is 95.7 Å². The fourth-order valence-corrected chi connectivity index (χ4v) is 4.44. The minimum atomic E-state index is -0.112. The largest absolute Gasteiger partial charge is 0.322 e. The van der Waals surface area contributed by atoms with Gasteiger partial charge in [0.2, 0.25) is 0 Å². The lowest BCUT2D eigenvalue weighted by molar-refractivity contribution is 0.102. The molecule has 1 saturated heterocycles. The molecular formula is C29H29N3O. The van der Waals surface area contributed by atoms with Crippen molar-refractivity contribution < 1.29 is 4.79 Å². The summed E-state index contributed by atoms with van der Waals surface area (Å²) in [5.74, 6) is -0.112. The summed E-state index contributed by atoms with van der Waals surface area (Å²) in [6.07, 6.45) is 3.91. The molecule has 4 nitrogen and oxygen atoms in total. The molecule has 1 N–H and O–H groups in total. The first-order valence-electron chi connectivity index (χ1n) is 11.7. The highest BCUT2D eigenvalue weighted by Gasteiger charge is 2.12. The molecule has 1 amide bonds. The van der Waals surface area contributed by atoms with Crippen LogP contribution in [0, 0.1) is 6.92 Å². The van der Waals surface area contributed by atoms with Crippen molar-refractivity contribution in [1.82, 2.24) is 9.88 Å². The SMILES string of the molecule is Cc1ccc(-c2ccc(C(=O)Nc3ccc4nc(CN5CCCCC5)ccc4c3)cc2)cc1. The minimum absolute atomic E-state index is 0.112. The second-order valence-corrected chi connectivity index (χ2v) is 8.94. The number of pyridine rings is 1. The van der Waals surface area contributed by atoms with E-state index in [4.69, 9.17) is 4.98 Å². The number of likely N-dealkylation sites (tertiary alicyclic amines) is 1. The summed E-state index contributed by atoms with van der Waals surface area (Å²) in [6.45, 7) is 5.31. The van der Waals surface area contributed by atoms with Gasteiger partial charge in [-0.05, 0) is 80.4 Å². The normalized spacial score (nSPS) is 14.3. The topological polar surface area (TPSA) is 45.2 Å². The molecule has 4 aromatic rings. The molecule has 3 aromatic carbocycles. The van der Waals surface area contributed by atoms with E-state index in [9.17, 15) is 4.79 Å². The molecule has 1 aromatic heterocycles. The van der Waals surface area contributed by atoms with Crippen LogP contribution in [0.3, 0.4) is 0 Å². The molecule has 1 fully saturated rings. The lowest BCUT2D eigenvalue weighted by Gasteiger charge is -2.26. The summed E-state index contributed by atoms with van der Waals surface area (Å²) in [4.78, 5) is 20.1. The highest BCUT2D eigenvalue weighted by Crippen LogP contribution is 2.22. The lowest BCUT2D eigenvalue weighted by atomic mass is 10.0. The highest BCUT2D eigenvalue weighted by molar-refractivity contribution is 6.05. The van der Waals surface area contributed by atoms with Gasteiger partial charge in [-0.25, -0.2) is 0 Å². The van der Waals surface area contributed by atoms with Crippen LogP contribution in [-0.2, 0) is 6.54 Å². The zero-order valence-corrected chi connectivity index (χ0v) is 19.1. The maximum atomic E-state index is 12.8. The summed E-state index contributed by atoms with van der Waals surface area (Å²) in [7, 11) is 0. The number of anilines is 1. The number of carbonyl (C=O) groups excluding carboxylic acids is 1. The Bertz CT molecular complexity index is 1260. The summed E-state index contributed by atoms with van der Waals surface area (Å²) in [5.41, 5.74) is 6.97. The second-order valence-electron chi connectivity index (χ2n) is 8.94. The minimum Gasteiger partial charge on any atom is -0.322 e. The van der Waals surface area contributed by atoms with Crippen molar-refractivity contribution in [3.8, 4) is 11.1 Å². The zero-order valence-electron chi connectivity index (χ0n) is 19.1. The number of piperidine rings is 1. The van der Waals surface area contributed by atoms with Crippen molar-refractivity contribution in [3.63, 3.8) is 0 Å². The summed E-state index contributed by atoms with van der Waals surface area (Å²) in [6, 6.07) is 26.3. The predicted molar refractivity (Wildman–Crippen MR) is 135 cm³/mol. The summed E-state index contributed by atoms with van der Waals surface area (Å²) < 4.78 is 0. The molecule has 33 heavy (non-hydrogen) atoms. The van der Waals surface area contributed by atoms with Crippen LogP contribution in [0.1, 0.15) is 40.9 Å². The molecule has 0 aliphatic carbocycles. The number of aryl methyl sites for hydroxylation is 1. The summed E-state index contributed by atoms with van der Waals surface area (Å²) in [5, 5.41) is 4.05. The number of hydrogen-bond acceptors (Lipinski definition) is 3. The van der Waals surface area contributed by atoms with Crippen molar-refractivity contribution >= 4 is 22.5 Å². The first-order chi connectivity index (χ1) is 16.1. The molecule has 2 heterocycles. The monoisotopic (exact) mass is 435 g/mol. The maximum absolute atomic E-state index is 12.8. The van der Waals surface area contributed by atoms with Gasteiger partial charge in [0.05, 0.1) is 11.2 Å². The van der Waals surface area contributed by atoms with Crippen LogP contribution in [0.25, 0.3) is 22.0 Å². The van der Waals surface area contributed by atoms with Gasteiger partial charge < -0.3 is 5.32 Å². The quantitative estimate of drug-likeness (QED) is 0.392. The number of carbonyl (C=O) groups is 1. The van der Waals surface area contributed by atoms with Gasteiger partial charge in [-0.2, -0.15) is 0 Å². The number of nitrogens with one attached hydrogen (secondary N) is 1. The molecular weight excluding hydrogens is 406 g/mol. The number of aromatic nitrogens is 1. The Hall–Kier alpha value is -3.50. The average Bonchev–Trinajstić information content (AvgIpc) is 2.85. The Kier molecular flexibility index (Phi) is 6.18. The molecule has 166 valence electrons. The van der Waals surface area contributed by atoms with Gasteiger partial charge in [0, 0.05) is 23.2 Å². The molecule has 0 unspecified atom stereocenters. The van der Waals surface area contributed by atoms with Crippen molar-refractivity contribution in [1.29, 1.82) is 0 Å². The number of rotatable bonds is 5. The van der Waals surface area contributed by atoms with Crippen LogP contribution in [0.5, 0.6) is 0 Å². The fourth-order valence-electron chi connectivity index (χ4n) is 4.44. The summed E-state index contributed by atoms with van der Waals surface area (Å²) >= 11 is 0. The molecule has 0 bridgehead atoms. The van der Waals surface area contributed by atoms with Gasteiger partial charge in [0.1, 0.15) is 0 Å². The van der Waals surface area contributed by atoms with E-state index in [2.05, 4.69) is 53.5 Å². The van der Waals surface area contributed by atoms with E-state index < -0.39 is 0 Å². The first kappa shape index (κ1) is 21.4. The molecule has 1 aliphatic heterocycles. The number of fused-ring (bicyclic) bond motifs is 1. The van der Waals surface area contributed by atoms with Gasteiger partial charge in [0.25, 0.3) is 5.91 Å². The second kappa shape index (κ2) is 9.55. The van der Waals surface area contributed by atoms with Crippen molar-refractivity contribution in [2.45, 2.75) is 32.7 Å². The van der Waals surface area contributed by atoms with E-state index in [1.54, 1.807) is 0 Å². The van der Waals surface area contributed by atoms with Crippen LogP contribution in [0.15, 0.2) is 78.9 Å². The van der Waals surface area contributed by atoms with Gasteiger partial charge in [-0.15, -0.1) is 0 Å². The fraction of sp³-hybridized carbons (Fsp3) is 0.241. The molecule has 4 heteroatoms. The molecule has 0 saturated carbocycles. The Balaban J connectivity index is 1.26. The van der Waals surface area contributed by atoms with Gasteiger partial charge in [-0.1, -0.05) is 54.4 Å². The third-order valence-corrected chi connectivity index (χ3v) is 6.37. The number of benzene rings is 3. The lowest BCUT2D eigenvalue weighted by Crippen LogP contribution is -2.29. The third kappa shape index (κ3) is 5.12. The number of nitrogens with zero attached hydrogens (tertiary/aromatic N) is 2. The molecule has 1 aliphatic rings. The third-order valence-electron chi connectivity index (χ3n) is 6.37. The van der Waals surface area contributed by atoms with Crippen LogP contribution in [0.4, 0.5) is 5.69 Å². The molecule has 0 radical (unpaired) electrons. The van der Waals surface area contributed by atoms with Crippen molar-refractivity contribution in [2.24, 2.45) is 0 Å². The zero-order chi connectivity index (χ0) is 22.6. The first-order valence-corrected chi connectivity index (χ1v) is 11.7. The predicted octanol–water partition coefficient (Wildman–Crippen LogP) is 6.45. The Morgan fingerprint density at radius 2 is 1.55 bits per heavy atom. The van der Waals surface area contributed by atoms with Gasteiger partial charge >= 0.3 is 0 Å². The Labute approximate surface area is 195 Å². The van der Waals surface area contributed by atoms with Gasteiger partial charge in [-0.3, -0.25) is 14.7 Å². The van der Waals surface area contributed by atoms with E-state index in [1.165, 1.54) is 24.8 Å². The molecule has 0 spiro atoms. The average molecular weight is 436 g/mol. The number of hydrogen-bond donors (Lipinski definition) is 1. The smallest absolute Gasteiger partial charge is 0.255 e. The molecule has 0 atom stereocenters. The van der Waals surface area contributed by atoms with E-state index in [1.807, 2.05) is 42.5 Å². The van der Waals surface area contributed by atoms with Crippen LogP contribution in [-0.4, -0.2) is 28.9 Å². The molecule has 5 rings (SSSR count). The van der Waals surface area contributed by atoms with E-state index in [0.717, 1.165) is 53.0 Å². The van der Waals surface area contributed by atoms with Crippen LogP contribution >= 0.6 is 0 Å². The van der Waals surface area contributed by atoms with E-state index in [0.29, 0.717) is 5.56 Å². The van der Waals surface area contributed by atoms with Crippen molar-refractivity contribution in [2.75, 3.05) is 18.4 Å². The Morgan fingerprint density at radius 1 is 0.848 bits per heavy atom. The van der Waals surface area contributed by atoms with Crippen LogP contribution < -0.4 is 5.32 Å². The number of amides is 1. The Morgan fingerprint density at radius 3 is 2.27 bits per heavy atom. The van der Waals surface area contributed by atoms with E-state index >= 15 is 0 Å².